The lowest BCUT2D eigenvalue weighted by molar-refractivity contribution is 0.0833. The molecule has 1 saturated carbocycles. The maximum atomic E-state index is 12.8. The molecule has 3 rings (SSSR count). The van der Waals surface area contributed by atoms with Crippen LogP contribution in [0.2, 0.25) is 0 Å². The number of nitrogens with zero attached hydrogens (tertiary/aromatic N) is 1. The molecule has 0 radical (unpaired) electrons. The summed E-state index contributed by atoms with van der Waals surface area (Å²) in [7, 11) is 0. The minimum atomic E-state index is -0.00385. The van der Waals surface area contributed by atoms with E-state index in [1.54, 1.807) is 6.92 Å². The van der Waals surface area contributed by atoms with E-state index in [1.807, 2.05) is 16.8 Å². The van der Waals surface area contributed by atoms with Gasteiger partial charge in [-0.2, -0.15) is 0 Å². The number of rotatable bonds is 4. The lowest BCUT2D eigenvalue weighted by Gasteiger charge is -2.47. The minimum Gasteiger partial charge on any atom is -0.316 e. The van der Waals surface area contributed by atoms with Crippen molar-refractivity contribution in [2.75, 3.05) is 13.1 Å². The molecule has 0 aromatic carbocycles. The fraction of sp³-hybridized carbons (Fsp3) is 0.667. The van der Waals surface area contributed by atoms with Crippen molar-refractivity contribution in [3.05, 3.63) is 33.7 Å². The van der Waals surface area contributed by atoms with Crippen LogP contribution in [0.3, 0.4) is 0 Å². The zero-order valence-electron chi connectivity index (χ0n) is 13.7. The van der Waals surface area contributed by atoms with Gasteiger partial charge in [0.05, 0.1) is 0 Å². The summed E-state index contributed by atoms with van der Waals surface area (Å²) in [6.07, 6.45) is 7.98. The Kier molecular flexibility index (Phi) is 4.22. The zero-order chi connectivity index (χ0) is 15.7. The Morgan fingerprint density at radius 1 is 1.36 bits per heavy atom. The molecule has 1 aromatic heterocycles. The standard InChI is InChI=1S/C18H26N2O2/c1-3-4-16-15(13(2)21)7-10-20(17(16)22)14-5-8-18(9-6-14)11-19-12-18/h7,10,14,19H,3-6,8-9,11-12H2,1-2H3. The molecule has 4 nitrogen and oxygen atoms in total. The third kappa shape index (κ3) is 2.65. The van der Waals surface area contributed by atoms with Crippen LogP contribution < -0.4 is 10.9 Å². The number of hydrogen-bond acceptors (Lipinski definition) is 3. The fourth-order valence-corrected chi connectivity index (χ4v) is 4.03. The monoisotopic (exact) mass is 302 g/mol. The number of nitrogens with one attached hydrogen (secondary N) is 1. The van der Waals surface area contributed by atoms with Crippen LogP contribution in [0.25, 0.3) is 0 Å². The Hall–Kier alpha value is -1.42. The lowest BCUT2D eigenvalue weighted by atomic mass is 9.68. The summed E-state index contributed by atoms with van der Waals surface area (Å²) >= 11 is 0. The normalized spacial score (nSPS) is 20.8. The van der Waals surface area contributed by atoms with Gasteiger partial charge in [-0.15, -0.1) is 0 Å². The van der Waals surface area contributed by atoms with Gasteiger partial charge < -0.3 is 9.88 Å². The van der Waals surface area contributed by atoms with E-state index in [9.17, 15) is 9.59 Å². The summed E-state index contributed by atoms with van der Waals surface area (Å²) in [5, 5.41) is 3.38. The third-order valence-electron chi connectivity index (χ3n) is 5.51. The van der Waals surface area contributed by atoms with Gasteiger partial charge in [-0.25, -0.2) is 0 Å². The average Bonchev–Trinajstić information content (AvgIpc) is 2.48. The fourth-order valence-electron chi connectivity index (χ4n) is 4.03. The smallest absolute Gasteiger partial charge is 0.254 e. The first-order valence-corrected chi connectivity index (χ1v) is 8.52. The van der Waals surface area contributed by atoms with Crippen LogP contribution in [0, 0.1) is 5.41 Å². The van der Waals surface area contributed by atoms with E-state index in [-0.39, 0.29) is 11.3 Å². The van der Waals surface area contributed by atoms with Gasteiger partial charge in [0.15, 0.2) is 5.78 Å². The molecule has 1 spiro atoms. The zero-order valence-corrected chi connectivity index (χ0v) is 13.7. The summed E-state index contributed by atoms with van der Waals surface area (Å²) in [6, 6.07) is 2.15. The van der Waals surface area contributed by atoms with Crippen LogP contribution in [-0.2, 0) is 6.42 Å². The minimum absolute atomic E-state index is 0.00385. The first kappa shape index (κ1) is 15.5. The molecular weight excluding hydrogens is 276 g/mol. The van der Waals surface area contributed by atoms with Crippen molar-refractivity contribution in [1.82, 2.24) is 9.88 Å². The molecule has 1 aliphatic heterocycles. The van der Waals surface area contributed by atoms with Crippen LogP contribution in [0.15, 0.2) is 17.1 Å². The van der Waals surface area contributed by atoms with Crippen molar-refractivity contribution in [1.29, 1.82) is 0 Å². The van der Waals surface area contributed by atoms with Crippen molar-refractivity contribution >= 4 is 5.78 Å². The molecule has 2 aliphatic rings. The lowest BCUT2D eigenvalue weighted by Crippen LogP contribution is -2.55. The van der Waals surface area contributed by atoms with Gasteiger partial charge in [0, 0.05) is 36.5 Å². The van der Waals surface area contributed by atoms with Gasteiger partial charge in [0.2, 0.25) is 0 Å². The summed E-state index contributed by atoms with van der Waals surface area (Å²) < 4.78 is 1.90. The van der Waals surface area contributed by atoms with E-state index in [4.69, 9.17) is 0 Å². The SMILES string of the molecule is CCCc1c(C(C)=O)ccn(C2CCC3(CC2)CNC3)c1=O. The van der Waals surface area contributed by atoms with Crippen molar-refractivity contribution < 1.29 is 4.79 Å². The molecule has 0 atom stereocenters. The van der Waals surface area contributed by atoms with Gasteiger partial charge in [-0.3, -0.25) is 9.59 Å². The predicted molar refractivity (Wildman–Crippen MR) is 87.5 cm³/mol. The van der Waals surface area contributed by atoms with Gasteiger partial charge in [0.25, 0.3) is 5.56 Å². The van der Waals surface area contributed by atoms with Gasteiger partial charge in [0.1, 0.15) is 0 Å². The maximum absolute atomic E-state index is 12.8. The Morgan fingerprint density at radius 2 is 2.05 bits per heavy atom. The molecule has 2 fully saturated rings. The number of hydrogen-bond donors (Lipinski definition) is 1. The number of ketones is 1. The first-order chi connectivity index (χ1) is 10.6. The highest BCUT2D eigenvalue weighted by molar-refractivity contribution is 5.95. The molecule has 22 heavy (non-hydrogen) atoms. The highest BCUT2D eigenvalue weighted by Crippen LogP contribution is 2.42. The van der Waals surface area contributed by atoms with E-state index in [2.05, 4.69) is 12.2 Å². The molecule has 0 amide bonds. The molecule has 1 N–H and O–H groups in total. The van der Waals surface area contributed by atoms with E-state index in [0.29, 0.717) is 29.0 Å². The Balaban J connectivity index is 1.86. The second-order valence-electron chi connectivity index (χ2n) is 7.06. The molecule has 1 aromatic rings. The quantitative estimate of drug-likeness (QED) is 0.870. The number of carbonyl (C=O) groups is 1. The van der Waals surface area contributed by atoms with E-state index < -0.39 is 0 Å². The van der Waals surface area contributed by atoms with Crippen LogP contribution in [0.1, 0.15) is 67.9 Å². The number of aromatic nitrogens is 1. The molecular formula is C18H26N2O2. The third-order valence-corrected chi connectivity index (χ3v) is 5.51. The highest BCUT2D eigenvalue weighted by Gasteiger charge is 2.40. The summed E-state index contributed by atoms with van der Waals surface area (Å²) in [5.74, 6) is -0.00385. The summed E-state index contributed by atoms with van der Waals surface area (Å²) in [6.45, 7) is 5.87. The topological polar surface area (TPSA) is 51.1 Å². The Bertz CT molecular complexity index is 618. The van der Waals surface area contributed by atoms with Gasteiger partial charge >= 0.3 is 0 Å². The van der Waals surface area contributed by atoms with Gasteiger partial charge in [-0.1, -0.05) is 13.3 Å². The average molecular weight is 302 g/mol. The number of pyridine rings is 1. The van der Waals surface area contributed by atoms with Crippen molar-refractivity contribution in [3.63, 3.8) is 0 Å². The van der Waals surface area contributed by atoms with Crippen molar-refractivity contribution in [3.8, 4) is 0 Å². The summed E-state index contributed by atoms with van der Waals surface area (Å²) in [4.78, 5) is 24.6. The molecule has 1 aliphatic carbocycles. The highest BCUT2D eigenvalue weighted by atomic mass is 16.1. The second-order valence-corrected chi connectivity index (χ2v) is 7.06. The van der Waals surface area contributed by atoms with Crippen LogP contribution >= 0.6 is 0 Å². The molecule has 0 unspecified atom stereocenters. The Morgan fingerprint density at radius 3 is 2.55 bits per heavy atom. The predicted octanol–water partition coefficient (Wildman–Crippen LogP) is 2.71. The molecule has 120 valence electrons. The number of carbonyl (C=O) groups excluding carboxylic acids is 1. The van der Waals surface area contributed by atoms with Gasteiger partial charge in [-0.05, 0) is 50.5 Å². The maximum Gasteiger partial charge on any atom is 0.254 e. The van der Waals surface area contributed by atoms with E-state index in [1.165, 1.54) is 12.8 Å². The Labute approximate surface area is 131 Å². The van der Waals surface area contributed by atoms with E-state index >= 15 is 0 Å². The van der Waals surface area contributed by atoms with Crippen molar-refractivity contribution in [2.45, 2.75) is 58.4 Å². The first-order valence-electron chi connectivity index (χ1n) is 8.52. The molecule has 0 bridgehead atoms. The second kappa shape index (κ2) is 5.99. The van der Waals surface area contributed by atoms with E-state index in [0.717, 1.165) is 32.4 Å². The number of Topliss-reactive ketones (excluding diaryl/α,β-unsaturated/α-hetero) is 1. The van der Waals surface area contributed by atoms with Crippen LogP contribution in [-0.4, -0.2) is 23.4 Å². The molecule has 2 heterocycles. The molecule has 1 saturated heterocycles. The van der Waals surface area contributed by atoms with Crippen LogP contribution in [0.4, 0.5) is 0 Å². The van der Waals surface area contributed by atoms with Crippen LogP contribution in [0.5, 0.6) is 0 Å². The summed E-state index contributed by atoms with van der Waals surface area (Å²) in [5.41, 5.74) is 1.88. The van der Waals surface area contributed by atoms with Crippen molar-refractivity contribution in [2.24, 2.45) is 5.41 Å². The molecule has 4 heteroatoms. The largest absolute Gasteiger partial charge is 0.316 e.